The molecule has 0 aliphatic carbocycles. The molecule has 0 saturated carbocycles. The molecule has 11 heavy (non-hydrogen) atoms. The van der Waals surface area contributed by atoms with Crippen LogP contribution in [0.25, 0.3) is 0 Å². The molecule has 0 fully saturated rings. The van der Waals surface area contributed by atoms with E-state index in [0.29, 0.717) is 12.3 Å². The molecule has 0 bridgehead atoms. The fourth-order valence-corrected chi connectivity index (χ4v) is 0.862. The van der Waals surface area contributed by atoms with Gasteiger partial charge in [0.05, 0.1) is 0 Å². The Morgan fingerprint density at radius 2 is 1.73 bits per heavy atom. The second-order valence-corrected chi connectivity index (χ2v) is 3.42. The summed E-state index contributed by atoms with van der Waals surface area (Å²) >= 11 is 0. The molecule has 0 saturated heterocycles. The van der Waals surface area contributed by atoms with E-state index in [1.165, 1.54) is 6.42 Å². The fraction of sp³-hybridized carbons (Fsp3) is 0.889. The largest absolute Gasteiger partial charge is 0.542 e. The van der Waals surface area contributed by atoms with Crippen molar-refractivity contribution < 1.29 is 37.5 Å². The van der Waals surface area contributed by atoms with Crippen LogP contribution < -0.4 is 0 Å². The van der Waals surface area contributed by atoms with Crippen LogP contribution in [-0.4, -0.2) is 6.29 Å². The van der Waals surface area contributed by atoms with E-state index in [9.17, 15) is 4.79 Å². The first kappa shape index (κ1) is 14.3. The number of hydrogen-bond donors (Lipinski definition) is 0. The van der Waals surface area contributed by atoms with E-state index in [2.05, 4.69) is 20.8 Å². The fourth-order valence-electron chi connectivity index (χ4n) is 0.862. The van der Waals surface area contributed by atoms with Crippen molar-refractivity contribution in [2.24, 2.45) is 11.8 Å². The van der Waals surface area contributed by atoms with Gasteiger partial charge in [-0.3, -0.25) is 6.29 Å². The quantitative estimate of drug-likeness (QED) is 0.663. The number of carbonyl (C=O) groups excluding carboxylic acids is 1. The molecule has 0 aromatic heterocycles. The van der Waals surface area contributed by atoms with E-state index < -0.39 is 0 Å². The third-order valence-electron chi connectivity index (χ3n) is 1.67. The third-order valence-corrected chi connectivity index (χ3v) is 1.67. The van der Waals surface area contributed by atoms with Gasteiger partial charge in [0.1, 0.15) is 0 Å². The maximum Gasteiger partial charge on any atom is 0 e. The van der Waals surface area contributed by atoms with Gasteiger partial charge < -0.3 is 4.79 Å². The Morgan fingerprint density at radius 1 is 1.18 bits per heavy atom. The van der Waals surface area contributed by atoms with Crippen molar-refractivity contribution in [3.05, 3.63) is 0 Å². The molecule has 0 aromatic carbocycles. The molecule has 1 atom stereocenters. The summed E-state index contributed by atoms with van der Waals surface area (Å²) in [4.78, 5) is 9.93. The van der Waals surface area contributed by atoms with Crippen LogP contribution in [0.4, 0.5) is 0 Å². The summed E-state index contributed by atoms with van der Waals surface area (Å²) in [5, 5.41) is 0. The molecule has 2 heteroatoms. The molecule has 1 unspecified atom stereocenters. The topological polar surface area (TPSA) is 17.1 Å². The van der Waals surface area contributed by atoms with Crippen LogP contribution in [0.1, 0.15) is 40.0 Å². The van der Waals surface area contributed by atoms with Crippen LogP contribution >= 0.6 is 0 Å². The van der Waals surface area contributed by atoms with Crippen molar-refractivity contribution in [1.82, 2.24) is 0 Å². The molecule has 0 aromatic rings. The molecule has 0 aliphatic rings. The summed E-state index contributed by atoms with van der Waals surface area (Å²) in [6.07, 6.45) is 4.93. The maximum atomic E-state index is 9.93. The summed E-state index contributed by atoms with van der Waals surface area (Å²) < 4.78 is 0. The zero-order valence-electron chi connectivity index (χ0n) is 7.76. The van der Waals surface area contributed by atoms with Gasteiger partial charge in [-0.05, 0) is 5.92 Å². The Labute approximate surface area is 95.2 Å². The minimum absolute atomic E-state index is 0. The van der Waals surface area contributed by atoms with Crippen LogP contribution in [-0.2, 0) is 37.5 Å². The molecular weight excluding hydrogens is 213 g/mol. The first-order valence-electron chi connectivity index (χ1n) is 4.01. The minimum atomic E-state index is 0. The SMILES string of the molecule is CC(C)CCC(C)C[C-]=O.[Y]. The average molecular weight is 230 g/mol. The zero-order valence-corrected chi connectivity index (χ0v) is 10.6. The van der Waals surface area contributed by atoms with Crippen LogP contribution in [0.5, 0.6) is 0 Å². The van der Waals surface area contributed by atoms with Gasteiger partial charge in [0.2, 0.25) is 0 Å². The summed E-state index contributed by atoms with van der Waals surface area (Å²) in [5.74, 6) is 1.29. The second-order valence-electron chi connectivity index (χ2n) is 3.42. The van der Waals surface area contributed by atoms with Gasteiger partial charge in [0, 0.05) is 32.7 Å². The molecule has 0 spiro atoms. The maximum absolute atomic E-state index is 9.93. The zero-order chi connectivity index (χ0) is 7.98. The Morgan fingerprint density at radius 3 is 2.09 bits per heavy atom. The summed E-state index contributed by atoms with van der Waals surface area (Å²) in [5.41, 5.74) is 0. The third kappa shape index (κ3) is 10.8. The smallest absolute Gasteiger partial charge is 0 e. The van der Waals surface area contributed by atoms with Crippen LogP contribution in [0.2, 0.25) is 0 Å². The van der Waals surface area contributed by atoms with Crippen molar-refractivity contribution in [3.63, 3.8) is 0 Å². The molecule has 0 aliphatic heterocycles. The molecule has 0 rings (SSSR count). The van der Waals surface area contributed by atoms with Gasteiger partial charge in [-0.2, -0.15) is 0 Å². The van der Waals surface area contributed by atoms with E-state index in [1.807, 2.05) is 6.29 Å². The van der Waals surface area contributed by atoms with Gasteiger partial charge in [-0.1, -0.05) is 39.5 Å². The predicted molar refractivity (Wildman–Crippen MR) is 43.5 cm³/mol. The predicted octanol–water partition coefficient (Wildman–Crippen LogP) is 2.56. The van der Waals surface area contributed by atoms with E-state index in [4.69, 9.17) is 0 Å². The molecule has 0 heterocycles. The summed E-state index contributed by atoms with van der Waals surface area (Å²) in [7, 11) is 0. The summed E-state index contributed by atoms with van der Waals surface area (Å²) in [6.45, 7) is 6.52. The van der Waals surface area contributed by atoms with Gasteiger partial charge in [0.15, 0.2) is 0 Å². The van der Waals surface area contributed by atoms with Gasteiger partial charge in [-0.25, -0.2) is 0 Å². The summed E-state index contributed by atoms with van der Waals surface area (Å²) in [6, 6.07) is 0. The molecule has 1 radical (unpaired) electrons. The van der Waals surface area contributed by atoms with Crippen molar-refractivity contribution in [2.75, 3.05) is 0 Å². The van der Waals surface area contributed by atoms with Crippen molar-refractivity contribution in [1.29, 1.82) is 0 Å². The normalized spacial score (nSPS) is 12.4. The standard InChI is InChI=1S/C9H17O.Y/c1-8(2)4-5-9(3)6-7-10;/h8-9H,4-6H2,1-3H3;/q-1;. The molecular formula is C9H17OY-. The first-order valence-corrected chi connectivity index (χ1v) is 4.01. The molecule has 0 amide bonds. The average Bonchev–Trinajstić information content (AvgIpc) is 1.85. The van der Waals surface area contributed by atoms with Crippen LogP contribution in [0.15, 0.2) is 0 Å². The van der Waals surface area contributed by atoms with Crippen molar-refractivity contribution >= 4 is 6.29 Å². The number of rotatable bonds is 5. The molecule has 0 N–H and O–H groups in total. The van der Waals surface area contributed by atoms with E-state index in [1.54, 1.807) is 0 Å². The Kier molecular flexibility index (Phi) is 11.5. The Hall–Kier alpha value is 0.774. The van der Waals surface area contributed by atoms with E-state index in [-0.39, 0.29) is 32.7 Å². The van der Waals surface area contributed by atoms with Crippen LogP contribution in [0, 0.1) is 11.8 Å². The number of hydrogen-bond acceptors (Lipinski definition) is 1. The van der Waals surface area contributed by atoms with Gasteiger partial charge in [-0.15, -0.1) is 6.42 Å². The molecule has 1 nitrogen and oxygen atoms in total. The molecule has 63 valence electrons. The van der Waals surface area contributed by atoms with E-state index in [0.717, 1.165) is 12.3 Å². The van der Waals surface area contributed by atoms with Gasteiger partial charge in [0.25, 0.3) is 0 Å². The minimum Gasteiger partial charge on any atom is -0.542 e. The van der Waals surface area contributed by atoms with E-state index >= 15 is 0 Å². The van der Waals surface area contributed by atoms with Crippen molar-refractivity contribution in [3.8, 4) is 0 Å². The van der Waals surface area contributed by atoms with Crippen LogP contribution in [0.3, 0.4) is 0 Å². The van der Waals surface area contributed by atoms with Gasteiger partial charge >= 0.3 is 0 Å². The Balaban J connectivity index is 0. The second kappa shape index (κ2) is 8.87. The first-order chi connectivity index (χ1) is 4.66. The van der Waals surface area contributed by atoms with Crippen molar-refractivity contribution in [2.45, 2.75) is 40.0 Å². The Bertz CT molecular complexity index is 91.6. The monoisotopic (exact) mass is 230 g/mol.